The number of amides is 1. The molecule has 0 aliphatic carbocycles. The minimum absolute atomic E-state index is 0.0127. The number of anilines is 1. The molecule has 0 saturated carbocycles. The molecule has 1 aliphatic heterocycles. The molecule has 7 nitrogen and oxygen atoms in total. The van der Waals surface area contributed by atoms with Gasteiger partial charge in [-0.15, -0.1) is 0 Å². The van der Waals surface area contributed by atoms with Gasteiger partial charge in [-0.3, -0.25) is 9.10 Å². The van der Waals surface area contributed by atoms with E-state index in [0.29, 0.717) is 30.1 Å². The molecule has 0 spiro atoms. The van der Waals surface area contributed by atoms with Gasteiger partial charge in [-0.25, -0.2) is 14.2 Å². The standard InChI is InChI=1S/C28H29N5O2S/c1-3-8-25(4-2)31-15-17-32(18-16-31)28(34)24-11-13-26(14-12-24)33(21-23-19-29-22-30-20-23)36(35)27-9-6-5-7-10-27/h3-14,19-20,22H,1-2,15-18,21H2/b25-8+. The maximum absolute atomic E-state index is 13.5. The van der Waals surface area contributed by atoms with Crippen LogP contribution in [0.1, 0.15) is 15.9 Å². The minimum atomic E-state index is -1.45. The molecule has 36 heavy (non-hydrogen) atoms. The number of rotatable bonds is 9. The molecule has 1 atom stereocenters. The zero-order valence-electron chi connectivity index (χ0n) is 20.1. The summed E-state index contributed by atoms with van der Waals surface area (Å²) in [6, 6.07) is 16.6. The molecule has 1 saturated heterocycles. The molecule has 1 fully saturated rings. The fraction of sp³-hybridized carbons (Fsp3) is 0.179. The maximum Gasteiger partial charge on any atom is 0.253 e. The smallest absolute Gasteiger partial charge is 0.253 e. The van der Waals surface area contributed by atoms with Crippen molar-refractivity contribution in [2.75, 3.05) is 30.5 Å². The average molecular weight is 500 g/mol. The van der Waals surface area contributed by atoms with Crippen LogP contribution in [-0.4, -0.2) is 56.1 Å². The van der Waals surface area contributed by atoms with E-state index >= 15 is 0 Å². The van der Waals surface area contributed by atoms with E-state index in [1.165, 1.54) is 6.33 Å². The Hall–Kier alpha value is -4.04. The van der Waals surface area contributed by atoms with Crippen LogP contribution in [0.15, 0.2) is 115 Å². The van der Waals surface area contributed by atoms with Gasteiger partial charge in [0.2, 0.25) is 0 Å². The number of hydrogen-bond acceptors (Lipinski definition) is 5. The summed E-state index contributed by atoms with van der Waals surface area (Å²) in [7, 11) is -1.45. The Kier molecular flexibility index (Phi) is 8.41. The first-order valence-corrected chi connectivity index (χ1v) is 12.8. The topological polar surface area (TPSA) is 69.6 Å². The van der Waals surface area contributed by atoms with Gasteiger partial charge in [0.25, 0.3) is 5.91 Å². The highest BCUT2D eigenvalue weighted by Gasteiger charge is 2.23. The summed E-state index contributed by atoms with van der Waals surface area (Å²) in [4.78, 5) is 26.1. The number of piperazine rings is 1. The van der Waals surface area contributed by atoms with Crippen LogP contribution in [0.25, 0.3) is 0 Å². The highest BCUT2D eigenvalue weighted by atomic mass is 32.2. The SMILES string of the molecule is C=C/C=C(\C=C)N1CCN(C(=O)c2ccc(N(Cc3cncnc3)S(=O)c3ccccc3)cc2)CC1. The minimum Gasteiger partial charge on any atom is -0.368 e. The van der Waals surface area contributed by atoms with Crippen molar-refractivity contribution < 1.29 is 9.00 Å². The Labute approximate surface area is 214 Å². The third-order valence-corrected chi connectivity index (χ3v) is 7.33. The van der Waals surface area contributed by atoms with Crippen LogP contribution in [0.5, 0.6) is 0 Å². The second kappa shape index (κ2) is 12.1. The van der Waals surface area contributed by atoms with Crippen LogP contribution in [0.2, 0.25) is 0 Å². The molecule has 184 valence electrons. The van der Waals surface area contributed by atoms with E-state index in [2.05, 4.69) is 28.0 Å². The van der Waals surface area contributed by atoms with E-state index in [1.807, 2.05) is 59.5 Å². The molecule has 2 aromatic carbocycles. The molecule has 0 N–H and O–H groups in total. The van der Waals surface area contributed by atoms with Gasteiger partial charge in [-0.1, -0.05) is 37.4 Å². The van der Waals surface area contributed by atoms with Crippen molar-refractivity contribution in [3.63, 3.8) is 0 Å². The third-order valence-electron chi connectivity index (χ3n) is 5.92. The molecule has 3 aromatic rings. The van der Waals surface area contributed by atoms with Crippen LogP contribution in [0.3, 0.4) is 0 Å². The second-order valence-electron chi connectivity index (χ2n) is 8.20. The zero-order chi connectivity index (χ0) is 25.3. The quantitative estimate of drug-likeness (QED) is 0.413. The van der Waals surface area contributed by atoms with E-state index in [-0.39, 0.29) is 5.91 Å². The zero-order valence-corrected chi connectivity index (χ0v) is 20.9. The normalized spacial score (nSPS) is 14.7. The molecule has 0 bridgehead atoms. The highest BCUT2D eigenvalue weighted by molar-refractivity contribution is 7.86. The molecule has 8 heteroatoms. The largest absolute Gasteiger partial charge is 0.368 e. The summed E-state index contributed by atoms with van der Waals surface area (Å²) in [5, 5.41) is 0. The van der Waals surface area contributed by atoms with Crippen molar-refractivity contribution in [1.82, 2.24) is 19.8 Å². The van der Waals surface area contributed by atoms with Crippen LogP contribution in [-0.2, 0) is 17.5 Å². The summed E-state index contributed by atoms with van der Waals surface area (Å²) in [5.41, 5.74) is 3.19. The Morgan fingerprint density at radius 2 is 1.58 bits per heavy atom. The van der Waals surface area contributed by atoms with Gasteiger partial charge in [0.1, 0.15) is 6.33 Å². The van der Waals surface area contributed by atoms with Gasteiger partial charge in [0, 0.05) is 55.4 Å². The maximum atomic E-state index is 13.5. The van der Waals surface area contributed by atoms with Gasteiger partial charge in [-0.05, 0) is 48.6 Å². The average Bonchev–Trinajstić information content (AvgIpc) is 2.95. The van der Waals surface area contributed by atoms with Gasteiger partial charge in [0.15, 0.2) is 11.0 Å². The molecule has 1 amide bonds. The first-order valence-electron chi connectivity index (χ1n) is 11.7. The molecule has 2 heterocycles. The van der Waals surface area contributed by atoms with E-state index in [9.17, 15) is 9.00 Å². The van der Waals surface area contributed by atoms with Crippen LogP contribution in [0.4, 0.5) is 5.69 Å². The van der Waals surface area contributed by atoms with Crippen molar-refractivity contribution in [3.8, 4) is 0 Å². The third kappa shape index (κ3) is 5.95. The Morgan fingerprint density at radius 1 is 0.944 bits per heavy atom. The Morgan fingerprint density at radius 3 is 2.19 bits per heavy atom. The second-order valence-corrected chi connectivity index (χ2v) is 9.61. The lowest BCUT2D eigenvalue weighted by molar-refractivity contribution is 0.0672. The monoisotopic (exact) mass is 499 g/mol. The van der Waals surface area contributed by atoms with Crippen molar-refractivity contribution in [2.24, 2.45) is 0 Å². The first-order chi connectivity index (χ1) is 17.6. The number of carbonyl (C=O) groups is 1. The molecular weight excluding hydrogens is 470 g/mol. The van der Waals surface area contributed by atoms with E-state index in [1.54, 1.807) is 34.9 Å². The molecule has 1 unspecified atom stereocenters. The Balaban J connectivity index is 1.50. The summed E-state index contributed by atoms with van der Waals surface area (Å²) in [6.45, 7) is 10.7. The number of aromatic nitrogens is 2. The number of allylic oxidation sites excluding steroid dienone is 3. The summed E-state index contributed by atoms with van der Waals surface area (Å²) < 4.78 is 15.3. The predicted octanol–water partition coefficient (Wildman–Crippen LogP) is 4.22. The van der Waals surface area contributed by atoms with Crippen molar-refractivity contribution in [1.29, 1.82) is 0 Å². The predicted molar refractivity (Wildman–Crippen MR) is 143 cm³/mol. The summed E-state index contributed by atoms with van der Waals surface area (Å²) in [5.74, 6) is -0.0127. The molecule has 0 radical (unpaired) electrons. The Bertz CT molecular complexity index is 1240. The first kappa shape index (κ1) is 25.1. The van der Waals surface area contributed by atoms with Crippen molar-refractivity contribution >= 4 is 22.6 Å². The van der Waals surface area contributed by atoms with Crippen molar-refractivity contribution in [3.05, 3.63) is 122 Å². The molecule has 1 aromatic heterocycles. The lowest BCUT2D eigenvalue weighted by atomic mass is 10.1. The number of nitrogens with zero attached hydrogens (tertiary/aromatic N) is 5. The van der Waals surface area contributed by atoms with Gasteiger partial charge < -0.3 is 9.80 Å². The van der Waals surface area contributed by atoms with Gasteiger partial charge in [0.05, 0.1) is 17.1 Å². The van der Waals surface area contributed by atoms with Crippen LogP contribution >= 0.6 is 0 Å². The number of carbonyl (C=O) groups excluding carboxylic acids is 1. The number of hydrogen-bond donors (Lipinski definition) is 0. The number of benzene rings is 2. The summed E-state index contributed by atoms with van der Waals surface area (Å²) >= 11 is 0. The molecule has 4 rings (SSSR count). The van der Waals surface area contributed by atoms with Gasteiger partial charge >= 0.3 is 0 Å². The van der Waals surface area contributed by atoms with Crippen molar-refractivity contribution in [2.45, 2.75) is 11.4 Å². The van der Waals surface area contributed by atoms with Gasteiger partial charge in [-0.2, -0.15) is 0 Å². The van der Waals surface area contributed by atoms with E-state index in [4.69, 9.17) is 0 Å². The lowest BCUT2D eigenvalue weighted by Gasteiger charge is -2.36. The lowest BCUT2D eigenvalue weighted by Crippen LogP contribution is -2.48. The van der Waals surface area contributed by atoms with Crippen LogP contribution < -0.4 is 4.31 Å². The van der Waals surface area contributed by atoms with E-state index < -0.39 is 11.0 Å². The highest BCUT2D eigenvalue weighted by Crippen LogP contribution is 2.24. The van der Waals surface area contributed by atoms with Crippen LogP contribution in [0, 0.1) is 0 Å². The van der Waals surface area contributed by atoms with E-state index in [0.717, 1.165) is 30.0 Å². The molecular formula is C28H29N5O2S. The summed E-state index contributed by atoms with van der Waals surface area (Å²) in [6.07, 6.45) is 10.4. The fourth-order valence-corrected chi connectivity index (χ4v) is 5.26. The fourth-order valence-electron chi connectivity index (χ4n) is 4.03. The molecule has 1 aliphatic rings.